The van der Waals surface area contributed by atoms with Crippen molar-refractivity contribution in [3.63, 3.8) is 0 Å². The Balaban J connectivity index is 1.34. The van der Waals surface area contributed by atoms with E-state index in [9.17, 15) is 5.11 Å². The maximum absolute atomic E-state index is 12.3. The van der Waals surface area contributed by atoms with E-state index >= 15 is 0 Å². The number of methoxy groups -OCH3 is 1. The zero-order chi connectivity index (χ0) is 34.3. The normalized spacial score (nSPS) is 26.4. The van der Waals surface area contributed by atoms with Crippen molar-refractivity contribution in [2.75, 3.05) is 20.3 Å². The fraction of sp³-hybridized carbons (Fsp3) is 0.561. The smallest absolute Gasteiger partial charge is 0.261 e. The predicted molar refractivity (Wildman–Crippen MR) is 195 cm³/mol. The molecule has 0 bridgehead atoms. The van der Waals surface area contributed by atoms with Gasteiger partial charge >= 0.3 is 0 Å². The lowest BCUT2D eigenvalue weighted by atomic mass is 9.79. The molecule has 2 aliphatic heterocycles. The van der Waals surface area contributed by atoms with Crippen LogP contribution in [0.2, 0.25) is 5.04 Å². The van der Waals surface area contributed by atoms with Crippen molar-refractivity contribution in [2.45, 2.75) is 121 Å². The van der Waals surface area contributed by atoms with E-state index in [1.165, 1.54) is 10.4 Å². The minimum Gasteiger partial charge on any atom is -0.497 e. The van der Waals surface area contributed by atoms with Gasteiger partial charge in [-0.3, -0.25) is 0 Å². The van der Waals surface area contributed by atoms with Gasteiger partial charge in [-0.25, -0.2) is 0 Å². The summed E-state index contributed by atoms with van der Waals surface area (Å²) in [5, 5.41) is 14.6. The van der Waals surface area contributed by atoms with E-state index < -0.39 is 25.8 Å². The standard InChI is InChI=1S/C41H58O6Si/c1-7-8-25-40(42)27-28-41(26-23-32(2)37(46-41)24-29-44-30-33-19-21-34(43-6)22-20-33)47-38(40)31-45-48(39(3,4)5,35-15-11-9-12-16-35)36-17-13-10-14-18-36/h9-22,32,37-38,42H,7-8,23-31H2,1-6H3/t32-,37+,38-,40+,41+/m0/s1. The summed E-state index contributed by atoms with van der Waals surface area (Å²) >= 11 is 0. The molecule has 0 aromatic heterocycles. The van der Waals surface area contributed by atoms with Gasteiger partial charge in [0.15, 0.2) is 5.79 Å². The number of hydrogen-bond acceptors (Lipinski definition) is 6. The predicted octanol–water partition coefficient (Wildman–Crippen LogP) is 7.79. The molecule has 5 rings (SSSR count). The molecule has 3 aromatic rings. The molecule has 0 unspecified atom stereocenters. The second-order valence-electron chi connectivity index (χ2n) is 15.1. The van der Waals surface area contributed by atoms with Crippen LogP contribution in [0, 0.1) is 5.92 Å². The van der Waals surface area contributed by atoms with Gasteiger partial charge in [0.1, 0.15) is 11.9 Å². The van der Waals surface area contributed by atoms with Crippen molar-refractivity contribution < 1.29 is 28.5 Å². The number of aliphatic hydroxyl groups is 1. The fourth-order valence-electron chi connectivity index (χ4n) is 7.73. The van der Waals surface area contributed by atoms with Gasteiger partial charge in [-0.15, -0.1) is 0 Å². The number of hydrogen-bond donors (Lipinski definition) is 1. The second-order valence-corrected chi connectivity index (χ2v) is 19.4. The van der Waals surface area contributed by atoms with Crippen LogP contribution in [0.5, 0.6) is 5.75 Å². The zero-order valence-corrected chi connectivity index (χ0v) is 31.1. The summed E-state index contributed by atoms with van der Waals surface area (Å²) in [5.41, 5.74) is 0.145. The van der Waals surface area contributed by atoms with Crippen LogP contribution in [0.4, 0.5) is 0 Å². The van der Waals surface area contributed by atoms with Crippen molar-refractivity contribution in [3.05, 3.63) is 90.5 Å². The highest BCUT2D eigenvalue weighted by molar-refractivity contribution is 6.99. The SMILES string of the molecule is CCCC[C@@]1(O)CC[C@@]2(CC[C@H](C)[C@@H](CCOCc3ccc(OC)cc3)O2)O[C@H]1CO[Si](c1ccccc1)(c1ccccc1)C(C)(C)C. The van der Waals surface area contributed by atoms with Crippen LogP contribution in [0.15, 0.2) is 84.9 Å². The highest BCUT2D eigenvalue weighted by Gasteiger charge is 2.55. The van der Waals surface area contributed by atoms with Crippen molar-refractivity contribution in [1.82, 2.24) is 0 Å². The van der Waals surface area contributed by atoms with Gasteiger partial charge in [0, 0.05) is 19.4 Å². The molecule has 7 heteroatoms. The third-order valence-electron chi connectivity index (χ3n) is 10.7. The van der Waals surface area contributed by atoms with Crippen LogP contribution in [0.3, 0.4) is 0 Å². The summed E-state index contributed by atoms with van der Waals surface area (Å²) in [6.45, 7) is 12.8. The van der Waals surface area contributed by atoms with Crippen molar-refractivity contribution in [2.24, 2.45) is 5.92 Å². The molecule has 2 saturated heterocycles. The first-order chi connectivity index (χ1) is 23.0. The molecule has 48 heavy (non-hydrogen) atoms. The summed E-state index contributed by atoms with van der Waals surface area (Å²) in [6, 6.07) is 29.4. The molecule has 3 aromatic carbocycles. The van der Waals surface area contributed by atoms with E-state index in [1.807, 2.05) is 24.3 Å². The van der Waals surface area contributed by atoms with Gasteiger partial charge in [-0.05, 0) is 64.7 Å². The maximum atomic E-state index is 12.3. The van der Waals surface area contributed by atoms with Crippen LogP contribution in [0.1, 0.15) is 91.5 Å². The van der Waals surface area contributed by atoms with Crippen molar-refractivity contribution in [1.29, 1.82) is 0 Å². The lowest BCUT2D eigenvalue weighted by Gasteiger charge is -2.53. The minimum atomic E-state index is -2.82. The Morgan fingerprint density at radius 2 is 1.52 bits per heavy atom. The van der Waals surface area contributed by atoms with Gasteiger partial charge in [0.25, 0.3) is 8.32 Å². The van der Waals surface area contributed by atoms with E-state index in [4.69, 9.17) is 23.4 Å². The Morgan fingerprint density at radius 1 is 0.875 bits per heavy atom. The molecule has 1 N–H and O–H groups in total. The van der Waals surface area contributed by atoms with Gasteiger partial charge in [-0.2, -0.15) is 0 Å². The third kappa shape index (κ3) is 8.26. The molecule has 2 fully saturated rings. The lowest BCUT2D eigenvalue weighted by molar-refractivity contribution is -0.356. The minimum absolute atomic E-state index is 0.0229. The molecule has 262 valence electrons. The Morgan fingerprint density at radius 3 is 2.10 bits per heavy atom. The van der Waals surface area contributed by atoms with Crippen LogP contribution in [-0.4, -0.2) is 57.3 Å². The summed E-state index contributed by atoms with van der Waals surface area (Å²) in [4.78, 5) is 0. The second kappa shape index (κ2) is 16.0. The van der Waals surface area contributed by atoms with Gasteiger partial charge in [0.05, 0.1) is 32.0 Å². The van der Waals surface area contributed by atoms with E-state index in [2.05, 4.69) is 95.3 Å². The van der Waals surface area contributed by atoms with Crippen molar-refractivity contribution in [3.8, 4) is 5.75 Å². The number of benzene rings is 3. The average Bonchev–Trinajstić information content (AvgIpc) is 3.10. The van der Waals surface area contributed by atoms with Crippen molar-refractivity contribution >= 4 is 18.7 Å². The molecule has 2 heterocycles. The molecule has 0 amide bonds. The first kappa shape index (κ1) is 36.7. The van der Waals surface area contributed by atoms with Crippen LogP contribution in [0.25, 0.3) is 0 Å². The van der Waals surface area contributed by atoms with E-state index in [-0.39, 0.29) is 11.1 Å². The van der Waals surface area contributed by atoms with E-state index in [1.54, 1.807) is 7.11 Å². The third-order valence-corrected chi connectivity index (χ3v) is 15.7. The molecule has 2 aliphatic rings. The Labute approximate surface area is 290 Å². The summed E-state index contributed by atoms with van der Waals surface area (Å²) in [5.74, 6) is 0.514. The van der Waals surface area contributed by atoms with Crippen LogP contribution < -0.4 is 15.1 Å². The van der Waals surface area contributed by atoms with E-state index in [0.29, 0.717) is 45.0 Å². The highest BCUT2D eigenvalue weighted by atomic mass is 28.4. The van der Waals surface area contributed by atoms with Gasteiger partial charge in [0.2, 0.25) is 0 Å². The molecule has 0 saturated carbocycles. The summed E-state index contributed by atoms with van der Waals surface area (Å²) < 4.78 is 32.7. The maximum Gasteiger partial charge on any atom is 0.261 e. The monoisotopic (exact) mass is 674 g/mol. The zero-order valence-electron chi connectivity index (χ0n) is 30.1. The van der Waals surface area contributed by atoms with Gasteiger partial charge < -0.3 is 28.5 Å². The number of unbranched alkanes of at least 4 members (excludes halogenated alkanes) is 1. The van der Waals surface area contributed by atoms with Crippen LogP contribution in [-0.2, 0) is 25.2 Å². The van der Waals surface area contributed by atoms with E-state index in [0.717, 1.165) is 43.4 Å². The quantitative estimate of drug-likeness (QED) is 0.139. The molecular weight excluding hydrogens is 617 g/mol. The Hall–Kier alpha value is -2.52. The fourth-order valence-corrected chi connectivity index (χ4v) is 12.3. The highest BCUT2D eigenvalue weighted by Crippen LogP contribution is 2.47. The topological polar surface area (TPSA) is 66.4 Å². The molecule has 0 radical (unpaired) electrons. The lowest BCUT2D eigenvalue weighted by Crippen LogP contribution is -2.68. The Bertz CT molecular complexity index is 1350. The first-order valence-corrected chi connectivity index (χ1v) is 20.0. The molecule has 0 aliphatic carbocycles. The average molecular weight is 675 g/mol. The molecule has 5 atom stereocenters. The largest absolute Gasteiger partial charge is 0.497 e. The molecule has 1 spiro atoms. The molecule has 6 nitrogen and oxygen atoms in total. The van der Waals surface area contributed by atoms with Gasteiger partial charge in [-0.1, -0.05) is 120 Å². The summed E-state index contributed by atoms with van der Waals surface area (Å²) in [7, 11) is -1.15. The summed E-state index contributed by atoms with van der Waals surface area (Å²) in [6.07, 6.45) is 6.11. The first-order valence-electron chi connectivity index (χ1n) is 18.1. The van der Waals surface area contributed by atoms with Crippen LogP contribution >= 0.6 is 0 Å². The number of ether oxygens (including phenoxy) is 4. The number of rotatable bonds is 14. The Kier molecular flexibility index (Phi) is 12.3. The molecular formula is C41H58O6Si.